The Morgan fingerprint density at radius 2 is 2.00 bits per heavy atom. The number of hydrogen-bond acceptors (Lipinski definition) is 4. The van der Waals surface area contributed by atoms with Gasteiger partial charge in [0.25, 0.3) is 0 Å². The predicted octanol–water partition coefficient (Wildman–Crippen LogP) is 4.97. The van der Waals surface area contributed by atoms with Gasteiger partial charge in [0.2, 0.25) is 0 Å². The summed E-state index contributed by atoms with van der Waals surface area (Å²) in [4.78, 5) is 11.9. The SMILES string of the molecule is CCCCC1=C/C(=C\c2ccc(-c3ccccc3OC)o2)C(=O)O1. The van der Waals surface area contributed by atoms with Crippen LogP contribution in [0.3, 0.4) is 0 Å². The molecule has 0 amide bonds. The first kappa shape index (κ1) is 16.1. The van der Waals surface area contributed by atoms with E-state index < -0.39 is 0 Å². The molecule has 0 aliphatic carbocycles. The number of furan rings is 1. The summed E-state index contributed by atoms with van der Waals surface area (Å²) in [7, 11) is 1.63. The molecule has 1 aromatic heterocycles. The number of benzene rings is 1. The number of cyclic esters (lactones) is 1. The van der Waals surface area contributed by atoms with Gasteiger partial charge in [0, 0.05) is 6.42 Å². The molecule has 0 saturated carbocycles. The van der Waals surface area contributed by atoms with Crippen LogP contribution in [0, 0.1) is 0 Å². The van der Waals surface area contributed by atoms with Crippen LogP contribution < -0.4 is 4.74 Å². The first-order valence-electron chi connectivity index (χ1n) is 8.09. The summed E-state index contributed by atoms with van der Waals surface area (Å²) >= 11 is 0. The maximum atomic E-state index is 11.9. The molecule has 2 heterocycles. The van der Waals surface area contributed by atoms with Crippen molar-refractivity contribution >= 4 is 12.0 Å². The summed E-state index contributed by atoms with van der Waals surface area (Å²) in [6.07, 6.45) is 6.35. The Morgan fingerprint density at radius 1 is 1.17 bits per heavy atom. The van der Waals surface area contributed by atoms with Crippen molar-refractivity contribution in [2.75, 3.05) is 7.11 Å². The molecule has 0 fully saturated rings. The lowest BCUT2D eigenvalue weighted by Crippen LogP contribution is -1.97. The topological polar surface area (TPSA) is 48.7 Å². The lowest BCUT2D eigenvalue weighted by Gasteiger charge is -2.04. The van der Waals surface area contributed by atoms with E-state index in [4.69, 9.17) is 13.9 Å². The van der Waals surface area contributed by atoms with Gasteiger partial charge in [0.1, 0.15) is 23.0 Å². The van der Waals surface area contributed by atoms with E-state index in [2.05, 4.69) is 6.92 Å². The summed E-state index contributed by atoms with van der Waals surface area (Å²) in [5.74, 6) is 2.45. The molecule has 3 rings (SSSR count). The van der Waals surface area contributed by atoms with Crippen molar-refractivity contribution in [3.8, 4) is 17.1 Å². The predicted molar refractivity (Wildman–Crippen MR) is 92.4 cm³/mol. The number of esters is 1. The zero-order valence-electron chi connectivity index (χ0n) is 13.9. The molecular weight excluding hydrogens is 304 g/mol. The van der Waals surface area contributed by atoms with E-state index in [1.54, 1.807) is 19.3 Å². The number of methoxy groups -OCH3 is 1. The summed E-state index contributed by atoms with van der Waals surface area (Å²) in [6.45, 7) is 2.11. The molecular formula is C20H20O4. The van der Waals surface area contributed by atoms with Gasteiger partial charge in [-0.25, -0.2) is 4.79 Å². The van der Waals surface area contributed by atoms with Crippen LogP contribution in [-0.4, -0.2) is 13.1 Å². The van der Waals surface area contributed by atoms with Gasteiger partial charge in [0.05, 0.1) is 18.2 Å². The third-order valence-corrected chi connectivity index (χ3v) is 3.85. The third-order valence-electron chi connectivity index (χ3n) is 3.85. The van der Waals surface area contributed by atoms with Crippen LogP contribution in [0.2, 0.25) is 0 Å². The van der Waals surface area contributed by atoms with Crippen LogP contribution in [0.25, 0.3) is 17.4 Å². The van der Waals surface area contributed by atoms with Crippen molar-refractivity contribution in [1.82, 2.24) is 0 Å². The maximum absolute atomic E-state index is 11.9. The van der Waals surface area contributed by atoms with Gasteiger partial charge in [0.15, 0.2) is 0 Å². The highest BCUT2D eigenvalue weighted by Gasteiger charge is 2.21. The monoisotopic (exact) mass is 324 g/mol. The number of carbonyl (C=O) groups excluding carboxylic acids is 1. The largest absolute Gasteiger partial charge is 0.496 e. The van der Waals surface area contributed by atoms with Crippen molar-refractivity contribution in [2.45, 2.75) is 26.2 Å². The highest BCUT2D eigenvalue weighted by molar-refractivity contribution is 5.99. The van der Waals surface area contributed by atoms with E-state index in [-0.39, 0.29) is 5.97 Å². The Bertz CT molecular complexity index is 795. The Kier molecular flexibility index (Phi) is 4.85. The van der Waals surface area contributed by atoms with Crippen LogP contribution >= 0.6 is 0 Å². The number of allylic oxidation sites excluding steroid dienone is 1. The molecule has 1 aromatic carbocycles. The number of hydrogen-bond donors (Lipinski definition) is 0. The van der Waals surface area contributed by atoms with Crippen LogP contribution in [-0.2, 0) is 9.53 Å². The zero-order chi connectivity index (χ0) is 16.9. The van der Waals surface area contributed by atoms with Gasteiger partial charge in [-0.15, -0.1) is 0 Å². The molecule has 0 saturated heterocycles. The fraction of sp³-hybridized carbons (Fsp3) is 0.250. The lowest BCUT2D eigenvalue weighted by molar-refractivity contribution is -0.133. The second-order valence-corrected chi connectivity index (χ2v) is 5.61. The van der Waals surface area contributed by atoms with Gasteiger partial charge in [-0.05, 0) is 42.8 Å². The summed E-state index contributed by atoms with van der Waals surface area (Å²) in [6, 6.07) is 11.3. The molecule has 4 heteroatoms. The number of rotatable bonds is 6. The van der Waals surface area contributed by atoms with E-state index in [0.29, 0.717) is 17.1 Å². The molecule has 0 unspecified atom stereocenters. The van der Waals surface area contributed by atoms with E-state index in [9.17, 15) is 4.79 Å². The second kappa shape index (κ2) is 7.21. The van der Waals surface area contributed by atoms with Crippen LogP contribution in [0.4, 0.5) is 0 Å². The van der Waals surface area contributed by atoms with Crippen molar-refractivity contribution in [3.63, 3.8) is 0 Å². The van der Waals surface area contributed by atoms with Crippen molar-refractivity contribution in [1.29, 1.82) is 0 Å². The summed E-state index contributed by atoms with van der Waals surface area (Å²) in [5.41, 5.74) is 1.39. The van der Waals surface area contributed by atoms with E-state index in [1.807, 2.05) is 36.4 Å². The van der Waals surface area contributed by atoms with Gasteiger partial charge in [-0.2, -0.15) is 0 Å². The van der Waals surface area contributed by atoms with Crippen LogP contribution in [0.15, 0.2) is 58.2 Å². The fourth-order valence-electron chi connectivity index (χ4n) is 2.59. The Balaban J connectivity index is 1.83. The highest BCUT2D eigenvalue weighted by Crippen LogP contribution is 2.32. The van der Waals surface area contributed by atoms with Gasteiger partial charge >= 0.3 is 5.97 Å². The molecule has 0 atom stereocenters. The third kappa shape index (κ3) is 3.43. The number of unbranched alkanes of at least 4 members (excludes halogenated alkanes) is 1. The first-order chi connectivity index (χ1) is 11.7. The minimum absolute atomic E-state index is 0.323. The highest BCUT2D eigenvalue weighted by atomic mass is 16.5. The molecule has 0 spiro atoms. The lowest BCUT2D eigenvalue weighted by atomic mass is 10.1. The normalized spacial score (nSPS) is 15.5. The molecule has 0 radical (unpaired) electrons. The van der Waals surface area contributed by atoms with Crippen molar-refractivity contribution < 1.29 is 18.7 Å². The fourth-order valence-corrected chi connectivity index (χ4v) is 2.59. The molecule has 0 N–H and O–H groups in total. The molecule has 1 aliphatic rings. The average molecular weight is 324 g/mol. The quantitative estimate of drug-likeness (QED) is 0.556. The molecule has 124 valence electrons. The number of para-hydroxylation sites is 1. The van der Waals surface area contributed by atoms with E-state index >= 15 is 0 Å². The first-order valence-corrected chi connectivity index (χ1v) is 8.09. The van der Waals surface area contributed by atoms with Gasteiger partial charge < -0.3 is 13.9 Å². The smallest absolute Gasteiger partial charge is 0.343 e. The number of carbonyl (C=O) groups is 1. The zero-order valence-corrected chi connectivity index (χ0v) is 13.9. The molecule has 24 heavy (non-hydrogen) atoms. The van der Waals surface area contributed by atoms with Crippen molar-refractivity contribution in [3.05, 3.63) is 59.6 Å². The van der Waals surface area contributed by atoms with Gasteiger partial charge in [-0.1, -0.05) is 25.5 Å². The summed E-state index contributed by atoms with van der Waals surface area (Å²) in [5, 5.41) is 0. The van der Waals surface area contributed by atoms with Crippen LogP contribution in [0.5, 0.6) is 5.75 Å². The molecule has 4 nitrogen and oxygen atoms in total. The van der Waals surface area contributed by atoms with Gasteiger partial charge in [-0.3, -0.25) is 0 Å². The Morgan fingerprint density at radius 3 is 2.79 bits per heavy atom. The minimum Gasteiger partial charge on any atom is -0.496 e. The standard InChI is InChI=1S/C20H20O4/c1-3-4-7-15-12-14(20(21)24-15)13-16-10-11-19(23-16)17-8-5-6-9-18(17)22-2/h5-6,8-13H,3-4,7H2,1-2H3/b14-13+. The average Bonchev–Trinajstić information content (AvgIpc) is 3.20. The van der Waals surface area contributed by atoms with Crippen LogP contribution in [0.1, 0.15) is 31.9 Å². The second-order valence-electron chi connectivity index (χ2n) is 5.61. The Hall–Kier alpha value is -2.75. The van der Waals surface area contributed by atoms with Crippen molar-refractivity contribution in [2.24, 2.45) is 0 Å². The Labute approximate surface area is 141 Å². The van der Waals surface area contributed by atoms with E-state index in [0.717, 1.165) is 36.3 Å². The minimum atomic E-state index is -0.323. The summed E-state index contributed by atoms with van der Waals surface area (Å²) < 4.78 is 16.5. The molecule has 0 bridgehead atoms. The maximum Gasteiger partial charge on any atom is 0.343 e. The van der Waals surface area contributed by atoms with E-state index in [1.165, 1.54) is 0 Å². The molecule has 2 aromatic rings. The molecule has 1 aliphatic heterocycles. The number of ether oxygens (including phenoxy) is 2.